The Morgan fingerprint density at radius 3 is 2.46 bits per heavy atom. The van der Waals surface area contributed by atoms with E-state index in [1.807, 2.05) is 25.1 Å². The zero-order chi connectivity index (χ0) is 16.9. The highest BCUT2D eigenvalue weighted by Gasteiger charge is 2.08. The van der Waals surface area contributed by atoms with Gasteiger partial charge in [0.05, 0.1) is 6.04 Å². The van der Waals surface area contributed by atoms with Crippen molar-refractivity contribution in [3.05, 3.63) is 89.8 Å². The van der Waals surface area contributed by atoms with Crippen LogP contribution in [0.3, 0.4) is 0 Å². The first kappa shape index (κ1) is 15.9. The summed E-state index contributed by atoms with van der Waals surface area (Å²) in [5.41, 5.74) is 1.84. The number of hydrogen-bond donors (Lipinski definition) is 1. The largest absolute Gasteiger partial charge is 0.346 e. The van der Waals surface area contributed by atoms with E-state index in [9.17, 15) is 9.18 Å². The maximum absolute atomic E-state index is 12.9. The predicted molar refractivity (Wildman–Crippen MR) is 95.9 cm³/mol. The molecule has 3 heteroatoms. The molecule has 2 nitrogen and oxygen atoms in total. The van der Waals surface area contributed by atoms with Crippen molar-refractivity contribution in [2.45, 2.75) is 13.0 Å². The first-order valence-electron chi connectivity index (χ1n) is 7.85. The molecule has 0 spiro atoms. The maximum Gasteiger partial charge on any atom is 0.244 e. The number of amides is 1. The molecule has 0 unspecified atom stereocenters. The summed E-state index contributed by atoms with van der Waals surface area (Å²) in [6, 6.07) is 20.2. The third-order valence-electron chi connectivity index (χ3n) is 3.93. The van der Waals surface area contributed by atoms with Gasteiger partial charge in [-0.2, -0.15) is 0 Å². The van der Waals surface area contributed by atoms with Gasteiger partial charge in [0.15, 0.2) is 0 Å². The Bertz CT molecular complexity index is 884. The molecule has 1 atom stereocenters. The average Bonchev–Trinajstić information content (AvgIpc) is 2.61. The first-order chi connectivity index (χ1) is 11.6. The summed E-state index contributed by atoms with van der Waals surface area (Å²) in [4.78, 5) is 12.1. The van der Waals surface area contributed by atoms with Gasteiger partial charge in [0.25, 0.3) is 0 Å². The van der Waals surface area contributed by atoms with Gasteiger partial charge < -0.3 is 5.32 Å². The molecule has 0 saturated carbocycles. The molecule has 0 aromatic heterocycles. The van der Waals surface area contributed by atoms with Crippen LogP contribution in [0.25, 0.3) is 16.8 Å². The van der Waals surface area contributed by atoms with Crippen LogP contribution < -0.4 is 5.32 Å². The second-order valence-electron chi connectivity index (χ2n) is 5.72. The minimum absolute atomic E-state index is 0.0972. The monoisotopic (exact) mass is 319 g/mol. The fourth-order valence-electron chi connectivity index (χ4n) is 2.57. The number of rotatable bonds is 4. The van der Waals surface area contributed by atoms with E-state index in [4.69, 9.17) is 0 Å². The number of benzene rings is 3. The smallest absolute Gasteiger partial charge is 0.244 e. The topological polar surface area (TPSA) is 29.1 Å². The van der Waals surface area contributed by atoms with Gasteiger partial charge >= 0.3 is 0 Å². The highest BCUT2D eigenvalue weighted by Crippen LogP contribution is 2.20. The van der Waals surface area contributed by atoms with Gasteiger partial charge in [-0.1, -0.05) is 48.5 Å². The van der Waals surface area contributed by atoms with E-state index in [-0.39, 0.29) is 17.8 Å². The van der Waals surface area contributed by atoms with Crippen LogP contribution in [0.1, 0.15) is 24.1 Å². The molecule has 0 bridgehead atoms. The lowest BCUT2D eigenvalue weighted by atomic mass is 10.0. The average molecular weight is 319 g/mol. The Hall–Kier alpha value is -2.94. The molecular weight excluding hydrogens is 301 g/mol. The van der Waals surface area contributed by atoms with Gasteiger partial charge in [-0.25, -0.2) is 4.39 Å². The van der Waals surface area contributed by atoms with Crippen molar-refractivity contribution < 1.29 is 9.18 Å². The molecule has 24 heavy (non-hydrogen) atoms. The Labute approximate surface area is 140 Å². The fourth-order valence-corrected chi connectivity index (χ4v) is 2.57. The number of hydrogen-bond acceptors (Lipinski definition) is 1. The minimum Gasteiger partial charge on any atom is -0.346 e. The van der Waals surface area contributed by atoms with Gasteiger partial charge in [-0.05, 0) is 53.1 Å². The highest BCUT2D eigenvalue weighted by molar-refractivity contribution is 5.92. The second-order valence-corrected chi connectivity index (χ2v) is 5.72. The van der Waals surface area contributed by atoms with Crippen molar-refractivity contribution in [1.82, 2.24) is 5.32 Å². The van der Waals surface area contributed by atoms with E-state index in [0.29, 0.717) is 0 Å². The van der Waals surface area contributed by atoms with E-state index >= 15 is 0 Å². The summed E-state index contributed by atoms with van der Waals surface area (Å²) in [7, 11) is 0. The lowest BCUT2D eigenvalue weighted by Gasteiger charge is -2.13. The number of nitrogens with one attached hydrogen (secondary N) is 1. The molecule has 0 aliphatic heterocycles. The Morgan fingerprint density at radius 1 is 1.00 bits per heavy atom. The van der Waals surface area contributed by atoms with Crippen molar-refractivity contribution in [1.29, 1.82) is 0 Å². The molecule has 0 aliphatic carbocycles. The van der Waals surface area contributed by atoms with Crippen molar-refractivity contribution in [2.24, 2.45) is 0 Å². The number of carbonyl (C=O) groups is 1. The van der Waals surface area contributed by atoms with E-state index in [1.165, 1.54) is 23.6 Å². The van der Waals surface area contributed by atoms with Crippen LogP contribution in [0.5, 0.6) is 0 Å². The quantitative estimate of drug-likeness (QED) is 0.683. The van der Waals surface area contributed by atoms with Gasteiger partial charge in [-0.15, -0.1) is 0 Å². The Kier molecular flexibility index (Phi) is 4.71. The molecule has 3 aromatic rings. The van der Waals surface area contributed by atoms with Gasteiger partial charge in [0.2, 0.25) is 5.91 Å². The van der Waals surface area contributed by atoms with E-state index < -0.39 is 0 Å². The molecule has 0 heterocycles. The third-order valence-corrected chi connectivity index (χ3v) is 3.93. The SMILES string of the molecule is C[C@H](NC(=O)/C=C/c1ccc(F)cc1)c1ccc2ccccc2c1. The predicted octanol–water partition coefficient (Wildman–Crippen LogP) is 4.87. The summed E-state index contributed by atoms with van der Waals surface area (Å²) < 4.78 is 12.9. The van der Waals surface area contributed by atoms with E-state index in [2.05, 4.69) is 29.6 Å². The summed E-state index contributed by atoms with van der Waals surface area (Å²) in [5, 5.41) is 5.27. The van der Waals surface area contributed by atoms with Crippen molar-refractivity contribution in [2.75, 3.05) is 0 Å². The molecule has 0 radical (unpaired) electrons. The Morgan fingerprint density at radius 2 is 1.71 bits per heavy atom. The normalized spacial score (nSPS) is 12.4. The van der Waals surface area contributed by atoms with Crippen LogP contribution in [-0.2, 0) is 4.79 Å². The van der Waals surface area contributed by atoms with Crippen LogP contribution in [0.2, 0.25) is 0 Å². The molecule has 0 saturated heterocycles. The van der Waals surface area contributed by atoms with Crippen molar-refractivity contribution in [3.8, 4) is 0 Å². The summed E-state index contributed by atoms with van der Waals surface area (Å²) in [5.74, 6) is -0.471. The number of fused-ring (bicyclic) bond motifs is 1. The summed E-state index contributed by atoms with van der Waals surface area (Å²) in [6.07, 6.45) is 3.13. The van der Waals surface area contributed by atoms with Crippen LogP contribution >= 0.6 is 0 Å². The van der Waals surface area contributed by atoms with E-state index in [1.54, 1.807) is 18.2 Å². The van der Waals surface area contributed by atoms with Crippen LogP contribution in [0.15, 0.2) is 72.8 Å². The third kappa shape index (κ3) is 3.87. The summed E-state index contributed by atoms with van der Waals surface area (Å²) >= 11 is 0. The maximum atomic E-state index is 12.9. The second kappa shape index (κ2) is 7.09. The van der Waals surface area contributed by atoms with Gasteiger partial charge in [0, 0.05) is 6.08 Å². The van der Waals surface area contributed by atoms with Crippen LogP contribution in [-0.4, -0.2) is 5.91 Å². The molecule has 3 rings (SSSR count). The molecule has 0 aliphatic rings. The zero-order valence-electron chi connectivity index (χ0n) is 13.4. The molecule has 3 aromatic carbocycles. The van der Waals surface area contributed by atoms with Gasteiger partial charge in [-0.3, -0.25) is 4.79 Å². The highest BCUT2D eigenvalue weighted by atomic mass is 19.1. The first-order valence-corrected chi connectivity index (χ1v) is 7.85. The molecular formula is C21H18FNO. The minimum atomic E-state index is -0.290. The Balaban J connectivity index is 1.67. The standard InChI is InChI=1S/C21H18FNO/c1-15(18-10-9-17-4-2-3-5-19(17)14-18)23-21(24)13-8-16-6-11-20(22)12-7-16/h2-15H,1H3,(H,23,24)/b13-8+/t15-/m0/s1. The molecule has 0 fully saturated rings. The summed E-state index contributed by atoms with van der Waals surface area (Å²) in [6.45, 7) is 1.95. The van der Waals surface area contributed by atoms with Crippen LogP contribution in [0, 0.1) is 5.82 Å². The van der Waals surface area contributed by atoms with Crippen molar-refractivity contribution in [3.63, 3.8) is 0 Å². The van der Waals surface area contributed by atoms with E-state index in [0.717, 1.165) is 16.5 Å². The van der Waals surface area contributed by atoms with Gasteiger partial charge in [0.1, 0.15) is 5.82 Å². The molecule has 1 N–H and O–H groups in total. The molecule has 120 valence electrons. The van der Waals surface area contributed by atoms with Crippen molar-refractivity contribution >= 4 is 22.8 Å². The molecule has 1 amide bonds. The lowest BCUT2D eigenvalue weighted by Crippen LogP contribution is -2.24. The number of halogens is 1. The lowest BCUT2D eigenvalue weighted by molar-refractivity contribution is -0.117. The fraction of sp³-hybridized carbons (Fsp3) is 0.0952. The number of carbonyl (C=O) groups excluding carboxylic acids is 1. The zero-order valence-corrected chi connectivity index (χ0v) is 13.4. The van der Waals surface area contributed by atoms with Crippen LogP contribution in [0.4, 0.5) is 4.39 Å².